The maximum atomic E-state index is 11.7. The lowest BCUT2D eigenvalue weighted by Crippen LogP contribution is -2.42. The highest BCUT2D eigenvalue weighted by atomic mass is 16.4. The lowest BCUT2D eigenvalue weighted by molar-refractivity contribution is -0.122. The van der Waals surface area contributed by atoms with Gasteiger partial charge in [-0.2, -0.15) is 0 Å². The molecule has 1 atom stereocenters. The molecule has 1 amide bonds. The van der Waals surface area contributed by atoms with Crippen LogP contribution in [-0.2, 0) is 11.3 Å². The fourth-order valence-corrected chi connectivity index (χ4v) is 1.74. The Morgan fingerprint density at radius 1 is 1.53 bits per heavy atom. The van der Waals surface area contributed by atoms with Crippen molar-refractivity contribution >= 4 is 11.9 Å². The highest BCUT2D eigenvalue weighted by Gasteiger charge is 2.25. The predicted octanol–water partition coefficient (Wildman–Crippen LogP) is 1.04. The van der Waals surface area contributed by atoms with Crippen molar-refractivity contribution in [3.63, 3.8) is 0 Å². The Morgan fingerprint density at radius 3 is 2.74 bits per heavy atom. The molecular weight excluding hydrogens is 248 g/mol. The van der Waals surface area contributed by atoms with Gasteiger partial charge in [-0.25, -0.2) is 4.79 Å². The molecule has 0 aromatic carbocycles. The average Bonchev–Trinajstić information content (AvgIpc) is 3.07. The molecule has 1 heterocycles. The number of amides is 1. The fraction of sp³-hybridized carbons (Fsp3) is 0.538. The van der Waals surface area contributed by atoms with Crippen LogP contribution in [0.5, 0.6) is 0 Å². The van der Waals surface area contributed by atoms with Crippen molar-refractivity contribution < 1.29 is 19.1 Å². The van der Waals surface area contributed by atoms with E-state index in [-0.39, 0.29) is 17.5 Å². The van der Waals surface area contributed by atoms with Gasteiger partial charge >= 0.3 is 5.97 Å². The van der Waals surface area contributed by atoms with Crippen LogP contribution in [0.4, 0.5) is 0 Å². The summed E-state index contributed by atoms with van der Waals surface area (Å²) in [5.74, 6) is -0.156. The Balaban J connectivity index is 1.85. The first kappa shape index (κ1) is 13.6. The lowest BCUT2D eigenvalue weighted by atomic mass is 10.2. The van der Waals surface area contributed by atoms with Crippen LogP contribution in [0.25, 0.3) is 0 Å². The minimum absolute atomic E-state index is 0.0377. The number of carbonyl (C=O) groups is 2. The van der Waals surface area contributed by atoms with Gasteiger partial charge in [0.25, 0.3) is 0 Å². The zero-order valence-electron chi connectivity index (χ0n) is 11.0. The smallest absolute Gasteiger partial charge is 0.339 e. The van der Waals surface area contributed by atoms with Crippen molar-refractivity contribution in [2.45, 2.75) is 45.3 Å². The molecule has 1 aromatic heterocycles. The maximum absolute atomic E-state index is 11.7. The number of carboxylic acids is 1. The van der Waals surface area contributed by atoms with Crippen LogP contribution in [0, 0.1) is 6.92 Å². The first-order chi connectivity index (χ1) is 8.97. The molecular formula is C13H18N2O4. The van der Waals surface area contributed by atoms with Crippen molar-refractivity contribution in [2.24, 2.45) is 0 Å². The molecule has 1 aliphatic rings. The van der Waals surface area contributed by atoms with Crippen LogP contribution in [0.15, 0.2) is 10.5 Å². The van der Waals surface area contributed by atoms with E-state index in [1.54, 1.807) is 13.8 Å². The van der Waals surface area contributed by atoms with Crippen molar-refractivity contribution in [2.75, 3.05) is 0 Å². The average molecular weight is 266 g/mol. The summed E-state index contributed by atoms with van der Waals surface area (Å²) < 4.78 is 5.32. The lowest BCUT2D eigenvalue weighted by Gasteiger charge is -2.12. The van der Waals surface area contributed by atoms with E-state index in [1.807, 2.05) is 0 Å². The molecule has 2 rings (SSSR count). The predicted molar refractivity (Wildman–Crippen MR) is 67.9 cm³/mol. The molecule has 1 aliphatic carbocycles. The summed E-state index contributed by atoms with van der Waals surface area (Å²) in [6.07, 6.45) is 2.11. The third kappa shape index (κ3) is 3.57. The van der Waals surface area contributed by atoms with E-state index in [9.17, 15) is 9.59 Å². The third-order valence-electron chi connectivity index (χ3n) is 3.10. The number of hydrogen-bond donors (Lipinski definition) is 3. The van der Waals surface area contributed by atoms with Crippen molar-refractivity contribution in [1.82, 2.24) is 10.6 Å². The standard InChI is InChI=1S/C13H18N2O4/c1-7(12(16)15-9-3-4-9)14-6-10-5-11(13(17)18)8(2)19-10/h5,7,9,14H,3-4,6H2,1-2H3,(H,15,16)(H,17,18). The highest BCUT2D eigenvalue weighted by Crippen LogP contribution is 2.18. The van der Waals surface area contributed by atoms with E-state index >= 15 is 0 Å². The summed E-state index contributed by atoms with van der Waals surface area (Å²) in [5.41, 5.74) is 0.159. The SMILES string of the molecule is Cc1oc(CNC(C)C(=O)NC2CC2)cc1C(=O)O. The molecule has 1 aromatic rings. The van der Waals surface area contributed by atoms with E-state index in [2.05, 4.69) is 10.6 Å². The molecule has 3 N–H and O–H groups in total. The first-order valence-electron chi connectivity index (χ1n) is 6.33. The number of aromatic carboxylic acids is 1. The van der Waals surface area contributed by atoms with Crippen LogP contribution in [0.3, 0.4) is 0 Å². The maximum Gasteiger partial charge on any atom is 0.339 e. The van der Waals surface area contributed by atoms with Crippen molar-refractivity contribution in [1.29, 1.82) is 0 Å². The summed E-state index contributed by atoms with van der Waals surface area (Å²) in [4.78, 5) is 22.6. The Labute approximate surface area is 111 Å². The Kier molecular flexibility index (Phi) is 3.90. The van der Waals surface area contributed by atoms with Crippen LogP contribution < -0.4 is 10.6 Å². The molecule has 104 valence electrons. The Hall–Kier alpha value is -1.82. The summed E-state index contributed by atoms with van der Waals surface area (Å²) in [6, 6.07) is 1.48. The zero-order valence-corrected chi connectivity index (χ0v) is 11.0. The number of aryl methyl sites for hydroxylation is 1. The summed E-state index contributed by atoms with van der Waals surface area (Å²) in [7, 11) is 0. The van der Waals surface area contributed by atoms with Gasteiger partial charge in [0.05, 0.1) is 12.6 Å². The molecule has 0 radical (unpaired) electrons. The van der Waals surface area contributed by atoms with E-state index < -0.39 is 5.97 Å². The largest absolute Gasteiger partial charge is 0.478 e. The number of hydrogen-bond acceptors (Lipinski definition) is 4. The molecule has 0 bridgehead atoms. The van der Waals surface area contributed by atoms with Crippen LogP contribution in [-0.4, -0.2) is 29.1 Å². The fourth-order valence-electron chi connectivity index (χ4n) is 1.74. The number of nitrogens with one attached hydrogen (secondary N) is 2. The van der Waals surface area contributed by atoms with Gasteiger partial charge in [-0.15, -0.1) is 0 Å². The second kappa shape index (κ2) is 5.44. The molecule has 1 saturated carbocycles. The molecule has 0 spiro atoms. The van der Waals surface area contributed by atoms with E-state index in [0.717, 1.165) is 12.8 Å². The van der Waals surface area contributed by atoms with E-state index in [1.165, 1.54) is 6.07 Å². The molecule has 1 unspecified atom stereocenters. The summed E-state index contributed by atoms with van der Waals surface area (Å²) in [5, 5.41) is 14.8. The van der Waals surface area contributed by atoms with Gasteiger partial charge < -0.3 is 14.8 Å². The molecule has 1 fully saturated rings. The number of furan rings is 1. The molecule has 19 heavy (non-hydrogen) atoms. The topological polar surface area (TPSA) is 91.6 Å². The molecule has 0 saturated heterocycles. The number of carbonyl (C=O) groups excluding carboxylic acids is 1. The number of carboxylic acid groups (broad SMARTS) is 1. The Morgan fingerprint density at radius 2 is 2.21 bits per heavy atom. The number of rotatable bonds is 6. The second-order valence-electron chi connectivity index (χ2n) is 4.87. The van der Waals surface area contributed by atoms with Gasteiger partial charge in [-0.1, -0.05) is 0 Å². The first-order valence-corrected chi connectivity index (χ1v) is 6.33. The monoisotopic (exact) mass is 266 g/mol. The van der Waals surface area contributed by atoms with Gasteiger partial charge in [0, 0.05) is 6.04 Å². The molecule has 6 heteroatoms. The minimum atomic E-state index is -1.01. The highest BCUT2D eigenvalue weighted by molar-refractivity contribution is 5.88. The van der Waals surface area contributed by atoms with Gasteiger partial charge in [-0.05, 0) is 32.8 Å². The van der Waals surface area contributed by atoms with Gasteiger partial charge in [-0.3, -0.25) is 10.1 Å². The zero-order chi connectivity index (χ0) is 14.0. The Bertz CT molecular complexity index is 491. The minimum Gasteiger partial charge on any atom is -0.478 e. The van der Waals surface area contributed by atoms with E-state index in [0.29, 0.717) is 24.1 Å². The second-order valence-corrected chi connectivity index (χ2v) is 4.87. The van der Waals surface area contributed by atoms with Gasteiger partial charge in [0.1, 0.15) is 17.1 Å². The van der Waals surface area contributed by atoms with Gasteiger partial charge in [0.15, 0.2) is 0 Å². The van der Waals surface area contributed by atoms with Crippen molar-refractivity contribution in [3.8, 4) is 0 Å². The summed E-state index contributed by atoms with van der Waals surface area (Å²) >= 11 is 0. The van der Waals surface area contributed by atoms with Crippen LogP contribution in [0.1, 0.15) is 41.6 Å². The van der Waals surface area contributed by atoms with Gasteiger partial charge in [0.2, 0.25) is 5.91 Å². The van der Waals surface area contributed by atoms with Crippen molar-refractivity contribution in [3.05, 3.63) is 23.2 Å². The molecule has 0 aliphatic heterocycles. The quantitative estimate of drug-likeness (QED) is 0.715. The van der Waals surface area contributed by atoms with Crippen LogP contribution >= 0.6 is 0 Å². The molecule has 6 nitrogen and oxygen atoms in total. The van der Waals surface area contributed by atoms with E-state index in [4.69, 9.17) is 9.52 Å². The van der Waals surface area contributed by atoms with Crippen LogP contribution in [0.2, 0.25) is 0 Å². The normalized spacial score (nSPS) is 16.1. The third-order valence-corrected chi connectivity index (χ3v) is 3.10. The summed E-state index contributed by atoms with van der Waals surface area (Å²) in [6.45, 7) is 3.70.